The molecule has 1 aliphatic rings. The molecule has 0 radical (unpaired) electrons. The molecule has 0 aliphatic carbocycles. The van der Waals surface area contributed by atoms with Crippen molar-refractivity contribution >= 4 is 5.84 Å². The molecular weight excluding hydrogens is 188 g/mol. The van der Waals surface area contributed by atoms with E-state index in [1.807, 2.05) is 30.3 Å². The standard InChI is InChI=1S/C12H16N2O/c15-13-12(11-7-3-1-4-8-11)14-9-5-2-6-10-14/h1,3-4,7-8,15H,2,5-6,9-10H2/b13-12-. The van der Waals surface area contributed by atoms with E-state index in [1.165, 1.54) is 19.3 Å². The second-order valence-corrected chi connectivity index (χ2v) is 3.84. The lowest BCUT2D eigenvalue weighted by atomic mass is 10.1. The van der Waals surface area contributed by atoms with Crippen LogP contribution >= 0.6 is 0 Å². The van der Waals surface area contributed by atoms with Gasteiger partial charge in [0.05, 0.1) is 0 Å². The molecule has 0 unspecified atom stereocenters. The van der Waals surface area contributed by atoms with Crippen LogP contribution in [0.4, 0.5) is 0 Å². The summed E-state index contributed by atoms with van der Waals surface area (Å²) in [5, 5.41) is 12.5. The van der Waals surface area contributed by atoms with Gasteiger partial charge in [0.2, 0.25) is 0 Å². The lowest BCUT2D eigenvalue weighted by molar-refractivity contribution is 0.286. The lowest BCUT2D eigenvalue weighted by Gasteiger charge is -2.28. The molecule has 2 rings (SSSR count). The Balaban J connectivity index is 2.17. The lowest BCUT2D eigenvalue weighted by Crippen LogP contribution is -2.36. The van der Waals surface area contributed by atoms with Gasteiger partial charge in [-0.15, -0.1) is 0 Å². The van der Waals surface area contributed by atoms with Crippen molar-refractivity contribution in [2.75, 3.05) is 13.1 Å². The van der Waals surface area contributed by atoms with Crippen LogP contribution in [0.15, 0.2) is 35.5 Å². The first-order valence-electron chi connectivity index (χ1n) is 5.44. The Morgan fingerprint density at radius 2 is 1.73 bits per heavy atom. The molecule has 0 bridgehead atoms. The van der Waals surface area contributed by atoms with Crippen molar-refractivity contribution in [3.63, 3.8) is 0 Å². The maximum absolute atomic E-state index is 9.08. The van der Waals surface area contributed by atoms with E-state index in [-0.39, 0.29) is 0 Å². The summed E-state index contributed by atoms with van der Waals surface area (Å²) in [6.45, 7) is 1.99. The number of rotatable bonds is 1. The summed E-state index contributed by atoms with van der Waals surface area (Å²) < 4.78 is 0. The van der Waals surface area contributed by atoms with Crippen molar-refractivity contribution in [2.45, 2.75) is 19.3 Å². The minimum absolute atomic E-state index is 0.704. The van der Waals surface area contributed by atoms with Gasteiger partial charge in [0.1, 0.15) is 0 Å². The molecule has 1 aromatic rings. The van der Waals surface area contributed by atoms with Crippen LogP contribution in [0.2, 0.25) is 0 Å². The number of hydrogen-bond donors (Lipinski definition) is 1. The van der Waals surface area contributed by atoms with E-state index in [1.54, 1.807) is 0 Å². The van der Waals surface area contributed by atoms with Crippen LogP contribution in [-0.2, 0) is 0 Å². The van der Waals surface area contributed by atoms with Crippen LogP contribution in [0.25, 0.3) is 0 Å². The predicted octanol–water partition coefficient (Wildman–Crippen LogP) is 2.31. The molecule has 1 heterocycles. The Hall–Kier alpha value is -1.51. The van der Waals surface area contributed by atoms with Crippen molar-refractivity contribution < 1.29 is 5.21 Å². The second kappa shape index (κ2) is 4.82. The summed E-state index contributed by atoms with van der Waals surface area (Å²) in [4.78, 5) is 2.15. The smallest absolute Gasteiger partial charge is 0.175 e. The van der Waals surface area contributed by atoms with E-state index in [0.717, 1.165) is 18.7 Å². The van der Waals surface area contributed by atoms with Gasteiger partial charge in [-0.3, -0.25) is 0 Å². The number of likely N-dealkylation sites (tertiary alicyclic amines) is 1. The molecule has 1 aliphatic heterocycles. The number of benzene rings is 1. The molecule has 80 valence electrons. The van der Waals surface area contributed by atoms with Crippen LogP contribution in [0.5, 0.6) is 0 Å². The highest BCUT2D eigenvalue weighted by Gasteiger charge is 2.16. The molecule has 1 N–H and O–H groups in total. The average Bonchev–Trinajstić information content (AvgIpc) is 2.33. The minimum atomic E-state index is 0.704. The highest BCUT2D eigenvalue weighted by atomic mass is 16.4. The van der Waals surface area contributed by atoms with Gasteiger partial charge < -0.3 is 10.1 Å². The molecule has 1 fully saturated rings. The van der Waals surface area contributed by atoms with Gasteiger partial charge in [0.15, 0.2) is 5.84 Å². The van der Waals surface area contributed by atoms with E-state index >= 15 is 0 Å². The van der Waals surface area contributed by atoms with E-state index < -0.39 is 0 Å². The molecule has 0 atom stereocenters. The first-order valence-corrected chi connectivity index (χ1v) is 5.44. The summed E-state index contributed by atoms with van der Waals surface area (Å²) >= 11 is 0. The zero-order valence-electron chi connectivity index (χ0n) is 8.76. The Morgan fingerprint density at radius 1 is 1.07 bits per heavy atom. The average molecular weight is 204 g/mol. The van der Waals surface area contributed by atoms with Crippen LogP contribution in [0, 0.1) is 0 Å². The molecule has 3 heteroatoms. The molecule has 0 amide bonds. The summed E-state index contributed by atoms with van der Waals surface area (Å²) in [7, 11) is 0. The SMILES string of the molecule is O/N=C(/c1ccccc1)N1CCCCC1. The first-order chi connectivity index (χ1) is 7.42. The summed E-state index contributed by atoms with van der Waals surface area (Å²) in [5.41, 5.74) is 0.988. The summed E-state index contributed by atoms with van der Waals surface area (Å²) in [5.74, 6) is 0.704. The Bertz CT molecular complexity index is 329. The third kappa shape index (κ3) is 2.29. The van der Waals surface area contributed by atoms with Gasteiger partial charge in [-0.1, -0.05) is 35.5 Å². The first kappa shape index (κ1) is 10.0. The zero-order chi connectivity index (χ0) is 10.5. The monoisotopic (exact) mass is 204 g/mol. The van der Waals surface area contributed by atoms with Gasteiger partial charge in [-0.2, -0.15) is 0 Å². The molecule has 0 saturated carbocycles. The fraction of sp³-hybridized carbons (Fsp3) is 0.417. The zero-order valence-corrected chi connectivity index (χ0v) is 8.76. The summed E-state index contributed by atoms with van der Waals surface area (Å²) in [6, 6.07) is 9.84. The number of piperidine rings is 1. The topological polar surface area (TPSA) is 35.8 Å². The van der Waals surface area contributed by atoms with Crippen molar-refractivity contribution in [3.05, 3.63) is 35.9 Å². The largest absolute Gasteiger partial charge is 0.409 e. The number of hydrogen-bond acceptors (Lipinski definition) is 2. The summed E-state index contributed by atoms with van der Waals surface area (Å²) in [6.07, 6.45) is 3.65. The van der Waals surface area contributed by atoms with Crippen LogP contribution in [-0.4, -0.2) is 29.0 Å². The normalized spacial score (nSPS) is 17.9. The highest BCUT2D eigenvalue weighted by molar-refractivity contribution is 5.98. The van der Waals surface area contributed by atoms with E-state index in [0.29, 0.717) is 5.84 Å². The van der Waals surface area contributed by atoms with Gasteiger partial charge in [0, 0.05) is 18.7 Å². The van der Waals surface area contributed by atoms with E-state index in [9.17, 15) is 0 Å². The quantitative estimate of drug-likeness (QED) is 0.330. The third-order valence-corrected chi connectivity index (χ3v) is 2.78. The van der Waals surface area contributed by atoms with Crippen LogP contribution in [0.3, 0.4) is 0 Å². The molecule has 0 aromatic heterocycles. The van der Waals surface area contributed by atoms with Crippen LogP contribution in [0.1, 0.15) is 24.8 Å². The van der Waals surface area contributed by atoms with Crippen molar-refractivity contribution in [1.29, 1.82) is 0 Å². The van der Waals surface area contributed by atoms with Gasteiger partial charge in [-0.25, -0.2) is 0 Å². The number of oxime groups is 1. The Kier molecular flexibility index (Phi) is 3.22. The van der Waals surface area contributed by atoms with Crippen molar-refractivity contribution in [2.24, 2.45) is 5.16 Å². The van der Waals surface area contributed by atoms with Gasteiger partial charge in [0.25, 0.3) is 0 Å². The van der Waals surface area contributed by atoms with Gasteiger partial charge in [-0.05, 0) is 19.3 Å². The molecule has 3 nitrogen and oxygen atoms in total. The van der Waals surface area contributed by atoms with Crippen LogP contribution < -0.4 is 0 Å². The van der Waals surface area contributed by atoms with Crippen molar-refractivity contribution in [1.82, 2.24) is 4.90 Å². The number of amidine groups is 1. The Morgan fingerprint density at radius 3 is 2.33 bits per heavy atom. The molecule has 1 aromatic carbocycles. The maximum atomic E-state index is 9.08. The van der Waals surface area contributed by atoms with E-state index in [4.69, 9.17) is 5.21 Å². The highest BCUT2D eigenvalue weighted by Crippen LogP contribution is 2.13. The second-order valence-electron chi connectivity index (χ2n) is 3.84. The molecule has 0 spiro atoms. The molecule has 1 saturated heterocycles. The predicted molar refractivity (Wildman–Crippen MR) is 60.2 cm³/mol. The fourth-order valence-electron chi connectivity index (χ4n) is 2.00. The van der Waals surface area contributed by atoms with Crippen molar-refractivity contribution in [3.8, 4) is 0 Å². The molecular formula is C12H16N2O. The fourth-order valence-corrected chi connectivity index (χ4v) is 2.00. The van der Waals surface area contributed by atoms with E-state index in [2.05, 4.69) is 10.1 Å². The number of nitrogens with zero attached hydrogens (tertiary/aromatic N) is 2. The van der Waals surface area contributed by atoms with Gasteiger partial charge >= 0.3 is 0 Å². The minimum Gasteiger partial charge on any atom is -0.409 e. The molecule has 15 heavy (non-hydrogen) atoms. The third-order valence-electron chi connectivity index (χ3n) is 2.78. The maximum Gasteiger partial charge on any atom is 0.175 e. The Labute approximate surface area is 90.0 Å².